The second-order valence-electron chi connectivity index (χ2n) is 2.82. The molecule has 0 aromatic carbocycles. The number of carboxylic acids is 1. The van der Waals surface area contributed by atoms with Gasteiger partial charge in [0.2, 0.25) is 0 Å². The molecule has 7 heteroatoms. The van der Waals surface area contributed by atoms with Crippen LogP contribution in [0.5, 0.6) is 0 Å². The minimum Gasteiger partial charge on any atom is -0.475 e. The molecule has 1 N–H and O–H groups in total. The molecule has 0 aliphatic carbocycles. The van der Waals surface area contributed by atoms with Gasteiger partial charge in [-0.3, -0.25) is 4.79 Å². The lowest BCUT2D eigenvalue weighted by Gasteiger charge is -1.93. The molecule has 0 bridgehead atoms. The van der Waals surface area contributed by atoms with Crippen molar-refractivity contribution in [1.29, 1.82) is 0 Å². The van der Waals surface area contributed by atoms with Crippen LogP contribution in [0.25, 0.3) is 0 Å². The van der Waals surface area contributed by atoms with E-state index in [0.29, 0.717) is 12.7 Å². The Kier molecular flexibility index (Phi) is 9.43. The van der Waals surface area contributed by atoms with Gasteiger partial charge in [-0.1, -0.05) is 13.3 Å². The second-order valence-corrected chi connectivity index (χ2v) is 2.82. The molecule has 0 atom stereocenters. The highest BCUT2D eigenvalue weighted by atomic mass is 19.4. The van der Waals surface area contributed by atoms with Crippen LogP contribution in [0, 0.1) is 0 Å². The lowest BCUT2D eigenvalue weighted by atomic mass is 10.1. The number of aliphatic carboxylic acids is 1. The summed E-state index contributed by atoms with van der Waals surface area (Å²) in [6.45, 7) is 2.02. The number of Topliss-reactive ketones (excluding diaryl/α,β-unsaturated/α-hetero) is 1. The standard InChI is InChI=1S/C7H12O2.C2HF3O2/c1-2-3-4-7(9)5-6-8;3-2(4,5)1(6)7/h6H,2-5H2,1H3;(H,6,7). The van der Waals surface area contributed by atoms with Gasteiger partial charge < -0.3 is 9.90 Å². The van der Waals surface area contributed by atoms with Crippen LogP contribution in [0.1, 0.15) is 32.6 Å². The number of ketones is 1. The molecule has 0 heterocycles. The molecule has 0 unspecified atom stereocenters. The van der Waals surface area contributed by atoms with Crippen LogP contribution in [0.4, 0.5) is 13.2 Å². The molecule has 0 amide bonds. The van der Waals surface area contributed by atoms with Gasteiger partial charge in [-0.25, -0.2) is 4.79 Å². The van der Waals surface area contributed by atoms with Crippen molar-refractivity contribution in [2.45, 2.75) is 38.8 Å². The van der Waals surface area contributed by atoms with Crippen molar-refractivity contribution < 1.29 is 32.7 Å². The third kappa shape index (κ3) is 12.6. The molecule has 94 valence electrons. The molecule has 0 saturated carbocycles. The molecule has 4 nitrogen and oxygen atoms in total. The van der Waals surface area contributed by atoms with Crippen LogP contribution >= 0.6 is 0 Å². The van der Waals surface area contributed by atoms with Crippen LogP contribution in [0.3, 0.4) is 0 Å². The number of hydrogen-bond donors (Lipinski definition) is 1. The van der Waals surface area contributed by atoms with Crippen molar-refractivity contribution in [3.8, 4) is 0 Å². The zero-order valence-corrected chi connectivity index (χ0v) is 8.71. The lowest BCUT2D eigenvalue weighted by Crippen LogP contribution is -2.21. The van der Waals surface area contributed by atoms with Gasteiger partial charge in [-0.2, -0.15) is 13.2 Å². The van der Waals surface area contributed by atoms with E-state index in [0.717, 1.165) is 12.8 Å². The molecule has 0 fully saturated rings. The van der Waals surface area contributed by atoms with E-state index < -0.39 is 12.1 Å². The Morgan fingerprint density at radius 1 is 1.31 bits per heavy atom. The number of unbranched alkanes of at least 4 members (excludes halogenated alkanes) is 1. The first kappa shape index (κ1) is 17.0. The molecule has 0 radical (unpaired) electrons. The number of alkyl halides is 3. The van der Waals surface area contributed by atoms with Gasteiger partial charge in [0, 0.05) is 6.42 Å². The first-order valence-electron chi connectivity index (χ1n) is 4.51. The number of rotatable bonds is 5. The van der Waals surface area contributed by atoms with Crippen molar-refractivity contribution >= 4 is 18.0 Å². The maximum absolute atomic E-state index is 10.6. The molecule has 0 aromatic rings. The third-order valence-corrected chi connectivity index (χ3v) is 1.36. The highest BCUT2D eigenvalue weighted by Crippen LogP contribution is 2.13. The predicted octanol–water partition coefficient (Wildman–Crippen LogP) is 1.97. The summed E-state index contributed by atoms with van der Waals surface area (Å²) in [5.41, 5.74) is 0. The highest BCUT2D eigenvalue weighted by Gasteiger charge is 2.38. The Hall–Kier alpha value is -1.40. The van der Waals surface area contributed by atoms with Crippen molar-refractivity contribution in [3.63, 3.8) is 0 Å². The summed E-state index contributed by atoms with van der Waals surface area (Å²) in [7, 11) is 0. The van der Waals surface area contributed by atoms with E-state index in [1.165, 1.54) is 0 Å². The molecular weight excluding hydrogens is 229 g/mol. The van der Waals surface area contributed by atoms with E-state index in [4.69, 9.17) is 9.90 Å². The smallest absolute Gasteiger partial charge is 0.475 e. The van der Waals surface area contributed by atoms with Crippen LogP contribution in [0.15, 0.2) is 0 Å². The maximum Gasteiger partial charge on any atom is 0.490 e. The fourth-order valence-corrected chi connectivity index (χ4v) is 0.569. The van der Waals surface area contributed by atoms with Crippen LogP contribution < -0.4 is 0 Å². The van der Waals surface area contributed by atoms with Crippen molar-refractivity contribution in [2.24, 2.45) is 0 Å². The van der Waals surface area contributed by atoms with Gasteiger partial charge in [-0.05, 0) is 6.42 Å². The minimum absolute atomic E-state index is 0.0619. The molecular formula is C9H13F3O4. The van der Waals surface area contributed by atoms with E-state index in [9.17, 15) is 22.8 Å². The summed E-state index contributed by atoms with van der Waals surface area (Å²) in [5, 5.41) is 7.12. The molecule has 0 rings (SSSR count). The van der Waals surface area contributed by atoms with Crippen LogP contribution in [-0.2, 0) is 14.4 Å². The quantitative estimate of drug-likeness (QED) is 0.591. The van der Waals surface area contributed by atoms with Gasteiger partial charge in [0.15, 0.2) is 0 Å². The van der Waals surface area contributed by atoms with Gasteiger partial charge in [-0.15, -0.1) is 0 Å². The Morgan fingerprint density at radius 3 is 2.00 bits per heavy atom. The van der Waals surface area contributed by atoms with Gasteiger partial charge >= 0.3 is 12.1 Å². The Bertz CT molecular complexity index is 235. The average molecular weight is 242 g/mol. The van der Waals surface area contributed by atoms with Gasteiger partial charge in [0.05, 0.1) is 6.42 Å². The molecule has 0 aliphatic rings. The van der Waals surface area contributed by atoms with Gasteiger partial charge in [0.25, 0.3) is 0 Å². The van der Waals surface area contributed by atoms with Crippen molar-refractivity contribution in [3.05, 3.63) is 0 Å². The number of carboxylic acid groups (broad SMARTS) is 1. The molecule has 0 aliphatic heterocycles. The van der Waals surface area contributed by atoms with Crippen LogP contribution in [0.2, 0.25) is 0 Å². The summed E-state index contributed by atoms with van der Waals surface area (Å²) in [6.07, 6.45) is -1.83. The van der Waals surface area contributed by atoms with Crippen molar-refractivity contribution in [2.75, 3.05) is 0 Å². The average Bonchev–Trinajstić information content (AvgIpc) is 2.14. The first-order valence-corrected chi connectivity index (χ1v) is 4.51. The number of halogens is 3. The molecule has 0 spiro atoms. The van der Waals surface area contributed by atoms with E-state index in [2.05, 4.69) is 0 Å². The number of carbonyl (C=O) groups is 3. The lowest BCUT2D eigenvalue weighted by molar-refractivity contribution is -0.192. The normalized spacial score (nSPS) is 10.0. The number of hydrogen-bond acceptors (Lipinski definition) is 3. The maximum atomic E-state index is 10.6. The Balaban J connectivity index is 0. The zero-order valence-electron chi connectivity index (χ0n) is 8.71. The molecule has 0 saturated heterocycles. The number of carbonyl (C=O) groups excluding carboxylic acids is 2. The largest absolute Gasteiger partial charge is 0.490 e. The monoisotopic (exact) mass is 242 g/mol. The van der Waals surface area contributed by atoms with E-state index in [1.54, 1.807) is 0 Å². The fourth-order valence-electron chi connectivity index (χ4n) is 0.569. The summed E-state index contributed by atoms with van der Waals surface area (Å²) < 4.78 is 31.7. The van der Waals surface area contributed by atoms with Gasteiger partial charge in [0.1, 0.15) is 12.1 Å². The second kappa shape index (κ2) is 8.87. The number of aldehydes is 1. The summed E-state index contributed by atoms with van der Waals surface area (Å²) in [5.74, 6) is -2.70. The zero-order chi connectivity index (χ0) is 13.2. The van der Waals surface area contributed by atoms with E-state index >= 15 is 0 Å². The molecule has 0 aromatic heterocycles. The van der Waals surface area contributed by atoms with E-state index in [-0.39, 0.29) is 12.2 Å². The van der Waals surface area contributed by atoms with E-state index in [1.807, 2.05) is 6.92 Å². The topological polar surface area (TPSA) is 71.4 Å². The summed E-state index contributed by atoms with van der Waals surface area (Å²) in [6, 6.07) is 0. The Morgan fingerprint density at radius 2 is 1.75 bits per heavy atom. The minimum atomic E-state index is -5.08. The Labute approximate surface area is 90.4 Å². The summed E-state index contributed by atoms with van der Waals surface area (Å²) >= 11 is 0. The molecule has 16 heavy (non-hydrogen) atoms. The fraction of sp³-hybridized carbons (Fsp3) is 0.667. The van der Waals surface area contributed by atoms with Crippen molar-refractivity contribution in [1.82, 2.24) is 0 Å². The third-order valence-electron chi connectivity index (χ3n) is 1.36. The first-order chi connectivity index (χ1) is 7.25. The predicted molar refractivity (Wildman–Crippen MR) is 48.9 cm³/mol. The SMILES string of the molecule is CCCCC(=O)CC=O.O=C(O)C(F)(F)F. The summed E-state index contributed by atoms with van der Waals surface area (Å²) in [4.78, 5) is 29.2. The highest BCUT2D eigenvalue weighted by molar-refractivity contribution is 5.89. The van der Waals surface area contributed by atoms with Crippen LogP contribution in [-0.4, -0.2) is 29.3 Å².